The quantitative estimate of drug-likeness (QED) is 0.919. The zero-order valence-electron chi connectivity index (χ0n) is 12.4. The highest BCUT2D eigenvalue weighted by atomic mass is 16.5. The van der Waals surface area contributed by atoms with Gasteiger partial charge in [-0.1, -0.05) is 35.5 Å². The van der Waals surface area contributed by atoms with E-state index < -0.39 is 5.97 Å². The Labute approximate surface area is 129 Å². The molecule has 1 aliphatic heterocycles. The minimum absolute atomic E-state index is 0.226. The zero-order valence-corrected chi connectivity index (χ0v) is 12.4. The maximum absolute atomic E-state index is 11.0. The molecule has 1 aliphatic rings. The third kappa shape index (κ3) is 3.54. The fourth-order valence-corrected chi connectivity index (χ4v) is 3.25. The Kier molecular flexibility index (Phi) is 4.53. The predicted molar refractivity (Wildman–Crippen MR) is 81.1 cm³/mol. The van der Waals surface area contributed by atoms with Gasteiger partial charge in [0.05, 0.1) is 12.7 Å². The van der Waals surface area contributed by atoms with Gasteiger partial charge >= 0.3 is 5.97 Å². The fourth-order valence-electron chi connectivity index (χ4n) is 3.25. The number of aliphatic carboxylic acids is 1. The van der Waals surface area contributed by atoms with Gasteiger partial charge in [-0.2, -0.15) is 0 Å². The highest BCUT2D eigenvalue weighted by Gasteiger charge is 2.31. The summed E-state index contributed by atoms with van der Waals surface area (Å²) in [5.74, 6) is 0.367. The van der Waals surface area contributed by atoms with Crippen LogP contribution >= 0.6 is 0 Å². The van der Waals surface area contributed by atoms with E-state index in [9.17, 15) is 4.79 Å². The molecule has 2 heterocycles. The maximum atomic E-state index is 11.0. The van der Waals surface area contributed by atoms with Gasteiger partial charge in [0.15, 0.2) is 5.76 Å². The van der Waals surface area contributed by atoms with Crippen molar-refractivity contribution in [1.82, 2.24) is 10.1 Å². The van der Waals surface area contributed by atoms with Gasteiger partial charge in [0.1, 0.15) is 0 Å². The highest BCUT2D eigenvalue weighted by molar-refractivity contribution is 5.67. The molecule has 0 spiro atoms. The Morgan fingerprint density at radius 2 is 2.14 bits per heavy atom. The number of aromatic nitrogens is 1. The second kappa shape index (κ2) is 6.75. The molecule has 0 amide bonds. The fraction of sp³-hybridized carbons (Fsp3) is 0.412. The van der Waals surface area contributed by atoms with Crippen LogP contribution in [0.2, 0.25) is 0 Å². The summed E-state index contributed by atoms with van der Waals surface area (Å²) in [6.07, 6.45) is 3.68. The number of nitrogens with zero attached hydrogens (tertiary/aromatic N) is 2. The molecule has 5 heteroatoms. The predicted octanol–water partition coefficient (Wildman–Crippen LogP) is 3.10. The molecule has 0 saturated carbocycles. The summed E-state index contributed by atoms with van der Waals surface area (Å²) in [5, 5.41) is 12.8. The number of hydrogen-bond donors (Lipinski definition) is 1. The lowest BCUT2D eigenvalue weighted by atomic mass is 9.85. The van der Waals surface area contributed by atoms with Crippen LogP contribution in [-0.2, 0) is 11.3 Å². The molecule has 5 nitrogen and oxygen atoms in total. The molecule has 1 aromatic carbocycles. The van der Waals surface area contributed by atoms with Gasteiger partial charge in [-0.3, -0.25) is 9.69 Å². The lowest BCUT2D eigenvalue weighted by molar-refractivity contribution is -0.138. The van der Waals surface area contributed by atoms with Gasteiger partial charge < -0.3 is 9.63 Å². The standard InChI is InChI=1S/C17H20N2O3/c20-17(21)11-13-7-9-19(12-15-6-8-18-22-15)16(10-13)14-4-2-1-3-5-14/h1-6,8,13,16H,7,9-12H2,(H,20,21). The Balaban J connectivity index is 1.77. The van der Waals surface area contributed by atoms with E-state index >= 15 is 0 Å². The summed E-state index contributed by atoms with van der Waals surface area (Å²) in [5.41, 5.74) is 1.23. The summed E-state index contributed by atoms with van der Waals surface area (Å²) in [6.45, 7) is 1.58. The first-order valence-corrected chi connectivity index (χ1v) is 7.62. The Bertz CT molecular complexity index is 598. The first kappa shape index (κ1) is 14.8. The molecule has 1 saturated heterocycles. The van der Waals surface area contributed by atoms with E-state index in [1.165, 1.54) is 5.56 Å². The van der Waals surface area contributed by atoms with E-state index in [2.05, 4.69) is 22.2 Å². The van der Waals surface area contributed by atoms with Crippen molar-refractivity contribution in [2.45, 2.75) is 31.8 Å². The molecule has 2 aromatic rings. The van der Waals surface area contributed by atoms with Gasteiger partial charge in [-0.05, 0) is 30.9 Å². The molecule has 1 N–H and O–H groups in total. The van der Waals surface area contributed by atoms with E-state index in [1.54, 1.807) is 6.20 Å². The van der Waals surface area contributed by atoms with Crippen LogP contribution < -0.4 is 0 Å². The van der Waals surface area contributed by atoms with Crippen LogP contribution in [0.3, 0.4) is 0 Å². The molecule has 2 unspecified atom stereocenters. The SMILES string of the molecule is O=C(O)CC1CCN(Cc2ccno2)C(c2ccccc2)C1. The van der Waals surface area contributed by atoms with Gasteiger partial charge in [0.2, 0.25) is 0 Å². The molecule has 116 valence electrons. The summed E-state index contributed by atoms with van der Waals surface area (Å²) in [7, 11) is 0. The van der Waals surface area contributed by atoms with E-state index in [0.29, 0.717) is 6.54 Å². The van der Waals surface area contributed by atoms with Crippen LogP contribution in [0.15, 0.2) is 47.1 Å². The Hall–Kier alpha value is -2.14. The third-order valence-electron chi connectivity index (χ3n) is 4.32. The minimum atomic E-state index is -0.708. The number of rotatable bonds is 5. The topological polar surface area (TPSA) is 66.6 Å². The molecular weight excluding hydrogens is 280 g/mol. The summed E-state index contributed by atoms with van der Waals surface area (Å²) < 4.78 is 5.23. The molecule has 1 fully saturated rings. The van der Waals surface area contributed by atoms with E-state index in [4.69, 9.17) is 9.63 Å². The third-order valence-corrected chi connectivity index (χ3v) is 4.32. The number of carboxylic acids is 1. The maximum Gasteiger partial charge on any atom is 0.303 e. The minimum Gasteiger partial charge on any atom is -0.481 e. The van der Waals surface area contributed by atoms with Crippen molar-refractivity contribution < 1.29 is 14.4 Å². The van der Waals surface area contributed by atoms with Crippen LogP contribution in [-0.4, -0.2) is 27.7 Å². The molecule has 22 heavy (non-hydrogen) atoms. The molecule has 1 aromatic heterocycles. The number of piperidine rings is 1. The van der Waals surface area contributed by atoms with E-state index in [0.717, 1.165) is 25.1 Å². The van der Waals surface area contributed by atoms with Crippen LogP contribution in [0.4, 0.5) is 0 Å². The van der Waals surface area contributed by atoms with Gasteiger partial charge in [0.25, 0.3) is 0 Å². The van der Waals surface area contributed by atoms with Crippen molar-refractivity contribution in [3.63, 3.8) is 0 Å². The first-order chi connectivity index (χ1) is 10.7. The summed E-state index contributed by atoms with van der Waals surface area (Å²) in [6, 6.07) is 12.4. The van der Waals surface area contributed by atoms with Crippen molar-refractivity contribution in [3.8, 4) is 0 Å². The second-order valence-corrected chi connectivity index (χ2v) is 5.86. The number of likely N-dealkylation sites (tertiary alicyclic amines) is 1. The molecular formula is C17H20N2O3. The lowest BCUT2D eigenvalue weighted by Crippen LogP contribution is -2.37. The van der Waals surface area contributed by atoms with E-state index in [-0.39, 0.29) is 18.4 Å². The van der Waals surface area contributed by atoms with Crippen LogP contribution in [0.1, 0.15) is 36.6 Å². The zero-order chi connectivity index (χ0) is 15.4. The Morgan fingerprint density at radius 1 is 1.32 bits per heavy atom. The van der Waals surface area contributed by atoms with Gasteiger partial charge in [-0.25, -0.2) is 0 Å². The smallest absolute Gasteiger partial charge is 0.303 e. The van der Waals surface area contributed by atoms with Crippen LogP contribution in [0.25, 0.3) is 0 Å². The Morgan fingerprint density at radius 3 is 2.82 bits per heavy atom. The molecule has 0 bridgehead atoms. The number of benzene rings is 1. The van der Waals surface area contributed by atoms with Gasteiger partial charge in [0, 0.05) is 18.5 Å². The lowest BCUT2D eigenvalue weighted by Gasteiger charge is -2.39. The average Bonchev–Trinajstić information content (AvgIpc) is 3.02. The summed E-state index contributed by atoms with van der Waals surface area (Å²) in [4.78, 5) is 13.4. The van der Waals surface area contributed by atoms with Crippen LogP contribution in [0, 0.1) is 5.92 Å². The van der Waals surface area contributed by atoms with Crippen LogP contribution in [0.5, 0.6) is 0 Å². The van der Waals surface area contributed by atoms with Crippen molar-refractivity contribution >= 4 is 5.97 Å². The number of hydrogen-bond acceptors (Lipinski definition) is 4. The largest absolute Gasteiger partial charge is 0.481 e. The number of carboxylic acid groups (broad SMARTS) is 1. The average molecular weight is 300 g/mol. The summed E-state index contributed by atoms with van der Waals surface area (Å²) >= 11 is 0. The molecule has 0 aliphatic carbocycles. The molecule has 0 radical (unpaired) electrons. The van der Waals surface area contributed by atoms with Crippen molar-refractivity contribution in [1.29, 1.82) is 0 Å². The van der Waals surface area contributed by atoms with Crippen molar-refractivity contribution in [2.75, 3.05) is 6.54 Å². The first-order valence-electron chi connectivity index (χ1n) is 7.62. The normalized spacial score (nSPS) is 22.5. The highest BCUT2D eigenvalue weighted by Crippen LogP contribution is 2.36. The molecule has 3 rings (SSSR count). The number of carbonyl (C=O) groups is 1. The molecule has 2 atom stereocenters. The van der Waals surface area contributed by atoms with E-state index in [1.807, 2.05) is 24.3 Å². The second-order valence-electron chi connectivity index (χ2n) is 5.86. The van der Waals surface area contributed by atoms with Gasteiger partial charge in [-0.15, -0.1) is 0 Å². The van der Waals surface area contributed by atoms with Crippen molar-refractivity contribution in [2.24, 2.45) is 5.92 Å². The van der Waals surface area contributed by atoms with Crippen molar-refractivity contribution in [3.05, 3.63) is 53.9 Å². The monoisotopic (exact) mass is 300 g/mol.